The molecule has 2 aromatic heterocycles. The Bertz CT molecular complexity index is 840. The van der Waals surface area contributed by atoms with Crippen molar-refractivity contribution in [2.45, 2.75) is 32.4 Å². The van der Waals surface area contributed by atoms with Gasteiger partial charge in [0.15, 0.2) is 0 Å². The normalized spacial score (nSPS) is 15.9. The monoisotopic (exact) mass is 349 g/mol. The molecule has 0 radical (unpaired) electrons. The summed E-state index contributed by atoms with van der Waals surface area (Å²) in [5.74, 6) is 0.948. The van der Waals surface area contributed by atoms with Crippen molar-refractivity contribution in [2.24, 2.45) is 0 Å². The number of ether oxygens (including phenoxy) is 1. The molecule has 0 atom stereocenters. The molecule has 1 aliphatic heterocycles. The average Bonchev–Trinajstić information content (AvgIpc) is 3.14. The number of likely N-dealkylation sites (tertiary alicyclic amines) is 1. The van der Waals surface area contributed by atoms with E-state index in [-0.39, 0.29) is 6.10 Å². The third kappa shape index (κ3) is 3.91. The summed E-state index contributed by atoms with van der Waals surface area (Å²) in [5, 5.41) is 8.56. The van der Waals surface area contributed by atoms with Gasteiger partial charge in [-0.25, -0.2) is 4.68 Å². The third-order valence-electron chi connectivity index (χ3n) is 4.74. The zero-order valence-corrected chi connectivity index (χ0v) is 15.0. The van der Waals surface area contributed by atoms with Gasteiger partial charge in [-0.2, -0.15) is 0 Å². The van der Waals surface area contributed by atoms with E-state index in [0.29, 0.717) is 0 Å². The maximum atomic E-state index is 6.15. The van der Waals surface area contributed by atoms with E-state index in [1.807, 2.05) is 60.4 Å². The van der Waals surface area contributed by atoms with Crippen molar-refractivity contribution in [2.75, 3.05) is 13.1 Å². The number of hydrogen-bond donors (Lipinski definition) is 0. The van der Waals surface area contributed by atoms with Gasteiger partial charge in [-0.3, -0.25) is 9.88 Å². The standard InChI is InChI=1S/C20H23N5O/c1-16-13-21-10-7-20(16)26-19-8-11-24(12-9-19)14-17-15-25(23-22-17)18-5-3-2-4-6-18/h2-7,10,13,15,19H,8-9,11-12,14H2,1H3. The van der Waals surface area contributed by atoms with E-state index in [9.17, 15) is 0 Å². The fourth-order valence-corrected chi connectivity index (χ4v) is 3.26. The molecule has 6 heteroatoms. The molecule has 0 unspecified atom stereocenters. The minimum Gasteiger partial charge on any atom is -0.490 e. The molecule has 4 rings (SSSR count). The van der Waals surface area contributed by atoms with Gasteiger partial charge in [-0.1, -0.05) is 23.4 Å². The Morgan fingerprint density at radius 3 is 2.69 bits per heavy atom. The molecule has 6 nitrogen and oxygen atoms in total. The van der Waals surface area contributed by atoms with Crippen molar-refractivity contribution in [3.8, 4) is 11.4 Å². The molecule has 0 bridgehead atoms. The maximum absolute atomic E-state index is 6.15. The van der Waals surface area contributed by atoms with Crippen LogP contribution < -0.4 is 4.74 Å². The van der Waals surface area contributed by atoms with E-state index in [1.165, 1.54) is 0 Å². The Hall–Kier alpha value is -2.73. The smallest absolute Gasteiger partial charge is 0.125 e. The molecule has 1 saturated heterocycles. The first-order chi connectivity index (χ1) is 12.8. The zero-order valence-electron chi connectivity index (χ0n) is 15.0. The van der Waals surface area contributed by atoms with Crippen molar-refractivity contribution in [3.63, 3.8) is 0 Å². The molecule has 1 fully saturated rings. The quantitative estimate of drug-likeness (QED) is 0.709. The van der Waals surface area contributed by atoms with Crippen LogP contribution in [0, 0.1) is 6.92 Å². The Morgan fingerprint density at radius 2 is 1.92 bits per heavy atom. The molecule has 0 aliphatic carbocycles. The molecule has 0 N–H and O–H groups in total. The number of para-hydroxylation sites is 1. The molecule has 3 heterocycles. The first kappa shape index (κ1) is 16.7. The number of benzene rings is 1. The van der Waals surface area contributed by atoms with Crippen LogP contribution >= 0.6 is 0 Å². The topological polar surface area (TPSA) is 56.1 Å². The van der Waals surface area contributed by atoms with Crippen molar-refractivity contribution in [3.05, 3.63) is 66.2 Å². The Balaban J connectivity index is 1.30. The fourth-order valence-electron chi connectivity index (χ4n) is 3.26. The van der Waals surface area contributed by atoms with Gasteiger partial charge < -0.3 is 4.74 Å². The number of nitrogens with zero attached hydrogens (tertiary/aromatic N) is 5. The first-order valence-electron chi connectivity index (χ1n) is 9.04. The van der Waals surface area contributed by atoms with Crippen LogP contribution in [0.1, 0.15) is 24.1 Å². The van der Waals surface area contributed by atoms with Gasteiger partial charge in [0, 0.05) is 37.6 Å². The SMILES string of the molecule is Cc1cnccc1OC1CCN(Cc2cn(-c3ccccc3)nn2)CC1. The van der Waals surface area contributed by atoms with Gasteiger partial charge in [-0.15, -0.1) is 5.10 Å². The number of aryl methyl sites for hydroxylation is 1. The summed E-state index contributed by atoms with van der Waals surface area (Å²) in [6, 6.07) is 12.0. The van der Waals surface area contributed by atoms with Gasteiger partial charge in [0.2, 0.25) is 0 Å². The van der Waals surface area contributed by atoms with Crippen LogP contribution in [0.15, 0.2) is 55.0 Å². The minimum atomic E-state index is 0.271. The van der Waals surface area contributed by atoms with Crippen LogP contribution in [0.25, 0.3) is 5.69 Å². The number of piperidine rings is 1. The van der Waals surface area contributed by atoms with Crippen LogP contribution in [0.2, 0.25) is 0 Å². The summed E-state index contributed by atoms with van der Waals surface area (Å²) < 4.78 is 7.98. The molecule has 0 amide bonds. The predicted molar refractivity (Wildman–Crippen MR) is 99.3 cm³/mol. The number of hydrogen-bond acceptors (Lipinski definition) is 5. The lowest BCUT2D eigenvalue weighted by Crippen LogP contribution is -2.38. The summed E-state index contributed by atoms with van der Waals surface area (Å²) in [7, 11) is 0. The van der Waals surface area contributed by atoms with Crippen LogP contribution in [0.5, 0.6) is 5.75 Å². The summed E-state index contributed by atoms with van der Waals surface area (Å²) in [5.41, 5.74) is 3.12. The largest absolute Gasteiger partial charge is 0.490 e. The second kappa shape index (κ2) is 7.66. The average molecular weight is 349 g/mol. The summed E-state index contributed by atoms with van der Waals surface area (Å²) in [6.07, 6.45) is 7.96. The molecule has 3 aromatic rings. The van der Waals surface area contributed by atoms with E-state index < -0.39 is 0 Å². The van der Waals surface area contributed by atoms with E-state index >= 15 is 0 Å². The van der Waals surface area contributed by atoms with Crippen molar-refractivity contribution >= 4 is 0 Å². The van der Waals surface area contributed by atoms with Gasteiger partial charge in [0.1, 0.15) is 11.9 Å². The molecular weight excluding hydrogens is 326 g/mol. The lowest BCUT2D eigenvalue weighted by atomic mass is 10.1. The van der Waals surface area contributed by atoms with Crippen LogP contribution in [0.4, 0.5) is 0 Å². The number of aromatic nitrogens is 4. The zero-order chi connectivity index (χ0) is 17.8. The molecule has 26 heavy (non-hydrogen) atoms. The molecular formula is C20H23N5O. The van der Waals surface area contributed by atoms with Gasteiger partial charge in [0.25, 0.3) is 0 Å². The van der Waals surface area contributed by atoms with Crippen LogP contribution in [0.3, 0.4) is 0 Å². The van der Waals surface area contributed by atoms with E-state index in [1.54, 1.807) is 6.20 Å². The lowest BCUT2D eigenvalue weighted by Gasteiger charge is -2.31. The van der Waals surface area contributed by atoms with E-state index in [0.717, 1.165) is 55.2 Å². The van der Waals surface area contributed by atoms with Crippen molar-refractivity contribution in [1.29, 1.82) is 0 Å². The first-order valence-corrected chi connectivity index (χ1v) is 9.04. The molecule has 0 saturated carbocycles. The highest BCUT2D eigenvalue weighted by molar-refractivity contribution is 5.30. The highest BCUT2D eigenvalue weighted by Gasteiger charge is 2.21. The summed E-state index contributed by atoms with van der Waals surface area (Å²) >= 11 is 0. The molecule has 134 valence electrons. The Kier molecular flexibility index (Phi) is 4.93. The molecule has 1 aromatic carbocycles. The van der Waals surface area contributed by atoms with E-state index in [4.69, 9.17) is 4.74 Å². The Morgan fingerprint density at radius 1 is 1.12 bits per heavy atom. The highest BCUT2D eigenvalue weighted by atomic mass is 16.5. The second-order valence-corrected chi connectivity index (χ2v) is 6.72. The Labute approximate surface area is 153 Å². The minimum absolute atomic E-state index is 0.271. The number of pyridine rings is 1. The van der Waals surface area contributed by atoms with Gasteiger partial charge in [-0.05, 0) is 38.0 Å². The predicted octanol–water partition coefficient (Wildman–Crippen LogP) is 3.01. The maximum Gasteiger partial charge on any atom is 0.125 e. The molecule has 0 spiro atoms. The van der Waals surface area contributed by atoms with Gasteiger partial charge in [0.05, 0.1) is 17.6 Å². The number of rotatable bonds is 5. The lowest BCUT2D eigenvalue weighted by molar-refractivity contribution is 0.0955. The van der Waals surface area contributed by atoms with Crippen LogP contribution in [-0.4, -0.2) is 44.1 Å². The second-order valence-electron chi connectivity index (χ2n) is 6.72. The highest BCUT2D eigenvalue weighted by Crippen LogP contribution is 2.22. The van der Waals surface area contributed by atoms with Gasteiger partial charge >= 0.3 is 0 Å². The fraction of sp³-hybridized carbons (Fsp3) is 0.350. The van der Waals surface area contributed by atoms with Crippen molar-refractivity contribution < 1.29 is 4.74 Å². The summed E-state index contributed by atoms with van der Waals surface area (Å²) in [4.78, 5) is 6.53. The third-order valence-corrected chi connectivity index (χ3v) is 4.74. The van der Waals surface area contributed by atoms with E-state index in [2.05, 4.69) is 20.2 Å². The molecule has 1 aliphatic rings. The van der Waals surface area contributed by atoms with Crippen molar-refractivity contribution in [1.82, 2.24) is 24.9 Å². The summed E-state index contributed by atoms with van der Waals surface area (Å²) in [6.45, 7) is 4.88. The van der Waals surface area contributed by atoms with Crippen LogP contribution in [-0.2, 0) is 6.54 Å².